The zero-order chi connectivity index (χ0) is 13.4. The number of halogens is 2. The fourth-order valence-corrected chi connectivity index (χ4v) is 2.34. The smallest absolute Gasteiger partial charge is 0.105 e. The first-order valence-corrected chi connectivity index (χ1v) is 6.39. The monoisotopic (exact) mass is 299 g/mol. The van der Waals surface area contributed by atoms with Crippen molar-refractivity contribution >= 4 is 40.4 Å². The Kier molecular flexibility index (Phi) is 3.61. The summed E-state index contributed by atoms with van der Waals surface area (Å²) in [6.45, 7) is 3.76. The zero-order valence-corrected chi connectivity index (χ0v) is 12.2. The molecule has 0 unspecified atom stereocenters. The van der Waals surface area contributed by atoms with Crippen molar-refractivity contribution in [2.45, 2.75) is 13.8 Å². The van der Waals surface area contributed by atoms with Crippen molar-refractivity contribution < 1.29 is 0 Å². The van der Waals surface area contributed by atoms with E-state index < -0.39 is 0 Å². The molecule has 6 heteroatoms. The van der Waals surface area contributed by atoms with E-state index in [0.717, 1.165) is 17.1 Å². The lowest BCUT2D eigenvalue weighted by atomic mass is 10.2. The number of nitrogens with two attached hydrogens (primary N) is 1. The number of rotatable bonds is 2. The van der Waals surface area contributed by atoms with Crippen molar-refractivity contribution in [3.63, 3.8) is 0 Å². The summed E-state index contributed by atoms with van der Waals surface area (Å²) in [7, 11) is 0. The first-order valence-electron chi connectivity index (χ1n) is 5.23. The van der Waals surface area contributed by atoms with Gasteiger partial charge in [-0.15, -0.1) is 0 Å². The Morgan fingerprint density at radius 3 is 2.44 bits per heavy atom. The zero-order valence-electron chi connectivity index (χ0n) is 9.87. The molecule has 18 heavy (non-hydrogen) atoms. The van der Waals surface area contributed by atoms with Crippen molar-refractivity contribution in [1.82, 2.24) is 9.78 Å². The summed E-state index contributed by atoms with van der Waals surface area (Å²) in [6.07, 6.45) is 0. The summed E-state index contributed by atoms with van der Waals surface area (Å²) in [5, 5.41) is 5.52. The van der Waals surface area contributed by atoms with Crippen LogP contribution in [0.15, 0.2) is 18.2 Å². The van der Waals surface area contributed by atoms with Gasteiger partial charge in [0.1, 0.15) is 4.99 Å². The molecule has 0 radical (unpaired) electrons. The number of aryl methyl sites for hydroxylation is 1. The van der Waals surface area contributed by atoms with Gasteiger partial charge in [-0.25, -0.2) is 4.68 Å². The van der Waals surface area contributed by atoms with E-state index in [1.54, 1.807) is 16.8 Å². The Bertz CT molecular complexity index is 634. The minimum absolute atomic E-state index is 0.276. The second-order valence-electron chi connectivity index (χ2n) is 3.93. The normalized spacial score (nSPS) is 10.7. The molecule has 0 saturated heterocycles. The lowest BCUT2D eigenvalue weighted by Gasteiger charge is -2.07. The highest BCUT2D eigenvalue weighted by atomic mass is 35.5. The number of benzene rings is 1. The molecule has 2 aromatic rings. The highest BCUT2D eigenvalue weighted by Gasteiger charge is 2.12. The van der Waals surface area contributed by atoms with Gasteiger partial charge in [-0.3, -0.25) is 0 Å². The van der Waals surface area contributed by atoms with Gasteiger partial charge >= 0.3 is 0 Å². The van der Waals surface area contributed by atoms with Crippen molar-refractivity contribution in [2.24, 2.45) is 5.73 Å². The predicted octanol–water partition coefficient (Wildman–Crippen LogP) is 3.43. The van der Waals surface area contributed by atoms with Crippen LogP contribution in [0.25, 0.3) is 5.69 Å². The van der Waals surface area contributed by atoms with Crippen LogP contribution in [-0.2, 0) is 0 Å². The summed E-state index contributed by atoms with van der Waals surface area (Å²) in [5.74, 6) is 0. The first-order chi connectivity index (χ1) is 8.41. The van der Waals surface area contributed by atoms with E-state index in [4.69, 9.17) is 41.2 Å². The summed E-state index contributed by atoms with van der Waals surface area (Å²) >= 11 is 17.2. The third-order valence-electron chi connectivity index (χ3n) is 2.67. The van der Waals surface area contributed by atoms with Crippen molar-refractivity contribution in [2.75, 3.05) is 0 Å². The Hall–Kier alpha value is -1.10. The molecule has 3 nitrogen and oxygen atoms in total. The lowest BCUT2D eigenvalue weighted by molar-refractivity contribution is 0.833. The molecule has 2 N–H and O–H groups in total. The van der Waals surface area contributed by atoms with Crippen LogP contribution in [0, 0.1) is 13.8 Å². The molecule has 0 fully saturated rings. The van der Waals surface area contributed by atoms with Crippen LogP contribution in [0.2, 0.25) is 10.0 Å². The minimum atomic E-state index is 0.276. The Morgan fingerprint density at radius 2 is 2.00 bits per heavy atom. The van der Waals surface area contributed by atoms with Gasteiger partial charge in [0.15, 0.2) is 0 Å². The third-order valence-corrected chi connectivity index (χ3v) is 3.75. The molecule has 0 aliphatic rings. The van der Waals surface area contributed by atoms with E-state index in [1.165, 1.54) is 0 Å². The van der Waals surface area contributed by atoms with Crippen LogP contribution in [-0.4, -0.2) is 14.8 Å². The second kappa shape index (κ2) is 4.88. The number of nitrogens with zero attached hydrogens (tertiary/aromatic N) is 2. The van der Waals surface area contributed by atoms with Gasteiger partial charge in [0.25, 0.3) is 0 Å². The SMILES string of the molecule is Cc1nn(-c2ccc(C(N)=S)c(Cl)c2)c(C)c1Cl. The number of aromatic nitrogens is 2. The fourth-order valence-electron chi connectivity index (χ4n) is 1.71. The second-order valence-corrected chi connectivity index (χ2v) is 5.15. The van der Waals surface area contributed by atoms with Crippen LogP contribution in [0.4, 0.5) is 0 Å². The molecule has 0 atom stereocenters. The Labute approximate surface area is 120 Å². The quantitative estimate of drug-likeness (QED) is 0.864. The predicted molar refractivity (Wildman–Crippen MR) is 78.9 cm³/mol. The Morgan fingerprint density at radius 1 is 1.33 bits per heavy atom. The molecule has 1 aromatic carbocycles. The van der Waals surface area contributed by atoms with E-state index in [0.29, 0.717) is 15.6 Å². The molecule has 94 valence electrons. The molecule has 1 aromatic heterocycles. The van der Waals surface area contributed by atoms with Gasteiger partial charge in [0.2, 0.25) is 0 Å². The first kappa shape index (κ1) is 13.3. The van der Waals surface area contributed by atoms with Crippen LogP contribution in [0.3, 0.4) is 0 Å². The fraction of sp³-hybridized carbons (Fsp3) is 0.167. The molecule has 0 bridgehead atoms. The van der Waals surface area contributed by atoms with Crippen LogP contribution >= 0.6 is 35.4 Å². The number of hydrogen-bond donors (Lipinski definition) is 1. The topological polar surface area (TPSA) is 43.8 Å². The summed E-state index contributed by atoms with van der Waals surface area (Å²) in [4.78, 5) is 0.276. The van der Waals surface area contributed by atoms with Gasteiger partial charge in [-0.05, 0) is 32.0 Å². The van der Waals surface area contributed by atoms with Crippen LogP contribution in [0.5, 0.6) is 0 Å². The number of thiocarbonyl (C=S) groups is 1. The van der Waals surface area contributed by atoms with Gasteiger partial charge in [0, 0.05) is 5.56 Å². The van der Waals surface area contributed by atoms with E-state index in [-0.39, 0.29) is 4.99 Å². The van der Waals surface area contributed by atoms with E-state index in [2.05, 4.69) is 5.10 Å². The average molecular weight is 300 g/mol. The molecule has 0 spiro atoms. The van der Waals surface area contributed by atoms with Crippen molar-refractivity contribution in [3.05, 3.63) is 45.2 Å². The lowest BCUT2D eigenvalue weighted by Crippen LogP contribution is -2.10. The van der Waals surface area contributed by atoms with Gasteiger partial charge in [0.05, 0.1) is 27.1 Å². The van der Waals surface area contributed by atoms with E-state index >= 15 is 0 Å². The molecule has 0 amide bonds. The Balaban J connectivity index is 2.55. The minimum Gasteiger partial charge on any atom is -0.389 e. The maximum Gasteiger partial charge on any atom is 0.105 e. The summed E-state index contributed by atoms with van der Waals surface area (Å²) in [6, 6.07) is 5.41. The van der Waals surface area contributed by atoms with Gasteiger partial charge < -0.3 is 5.73 Å². The highest BCUT2D eigenvalue weighted by Crippen LogP contribution is 2.25. The third kappa shape index (κ3) is 2.23. The molecule has 0 saturated carbocycles. The largest absolute Gasteiger partial charge is 0.389 e. The maximum absolute atomic E-state index is 6.13. The van der Waals surface area contributed by atoms with Crippen molar-refractivity contribution in [3.8, 4) is 5.69 Å². The molecule has 2 rings (SSSR count). The highest BCUT2D eigenvalue weighted by molar-refractivity contribution is 7.80. The molecular weight excluding hydrogens is 289 g/mol. The summed E-state index contributed by atoms with van der Waals surface area (Å²) < 4.78 is 1.74. The van der Waals surface area contributed by atoms with Crippen LogP contribution < -0.4 is 5.73 Å². The van der Waals surface area contributed by atoms with E-state index in [9.17, 15) is 0 Å². The number of hydrogen-bond acceptors (Lipinski definition) is 2. The molecule has 1 heterocycles. The average Bonchev–Trinajstić information content (AvgIpc) is 2.56. The van der Waals surface area contributed by atoms with Crippen molar-refractivity contribution in [1.29, 1.82) is 0 Å². The summed E-state index contributed by atoms with van der Waals surface area (Å²) in [5.41, 5.74) is 8.70. The maximum atomic E-state index is 6.13. The molecule has 0 aliphatic heterocycles. The van der Waals surface area contributed by atoms with Crippen LogP contribution in [0.1, 0.15) is 17.0 Å². The van der Waals surface area contributed by atoms with E-state index in [1.807, 2.05) is 19.9 Å². The molecule has 0 aliphatic carbocycles. The standard InChI is InChI=1S/C12H11Cl2N3S/c1-6-11(14)7(2)17(16-6)8-3-4-9(12(15)18)10(13)5-8/h3-5H,1-2H3,(H2,15,18). The van der Waals surface area contributed by atoms with Gasteiger partial charge in [-0.1, -0.05) is 35.4 Å². The molecular formula is C12H11Cl2N3S. The van der Waals surface area contributed by atoms with Gasteiger partial charge in [-0.2, -0.15) is 5.10 Å².